The Morgan fingerprint density at radius 1 is 1.06 bits per heavy atom. The fourth-order valence-corrected chi connectivity index (χ4v) is 2.09. The van der Waals surface area contributed by atoms with Gasteiger partial charge in [-0.2, -0.15) is 5.10 Å². The Bertz CT molecular complexity index is 369. The largest absolute Gasteiger partial charge is 0.343 e. The van der Waals surface area contributed by atoms with E-state index in [1.54, 1.807) is 11.6 Å². The van der Waals surface area contributed by atoms with Gasteiger partial charge < -0.3 is 5.73 Å². The Balaban J connectivity index is 1.96. The monoisotopic (exact) mass is 254 g/mol. The molecule has 0 aliphatic rings. The molecule has 0 aliphatic carbocycles. The quantitative estimate of drug-likeness (QED) is 0.624. The highest BCUT2D eigenvalue weighted by Crippen LogP contribution is 2.09. The summed E-state index contributed by atoms with van der Waals surface area (Å²) in [5.41, 5.74) is 5.33. The van der Waals surface area contributed by atoms with Crippen molar-refractivity contribution in [2.45, 2.75) is 57.8 Å². The van der Waals surface area contributed by atoms with Crippen molar-refractivity contribution in [3.63, 3.8) is 0 Å². The molecule has 104 valence electrons. The molecule has 0 amide bonds. The van der Waals surface area contributed by atoms with Crippen molar-refractivity contribution >= 4 is 0 Å². The second-order valence-electron chi connectivity index (χ2n) is 4.87. The van der Waals surface area contributed by atoms with Crippen LogP contribution in [0.25, 0.3) is 0 Å². The molecule has 3 N–H and O–H groups in total. The van der Waals surface area contributed by atoms with E-state index < -0.39 is 0 Å². The van der Waals surface area contributed by atoms with Crippen LogP contribution in [0.15, 0.2) is 4.79 Å². The molecule has 5 heteroatoms. The number of nitrogens with zero attached hydrogens (tertiary/aromatic N) is 2. The number of rotatable bonds is 10. The Morgan fingerprint density at radius 3 is 2.11 bits per heavy atom. The summed E-state index contributed by atoms with van der Waals surface area (Å²) in [4.78, 5) is 11.1. The van der Waals surface area contributed by atoms with Crippen molar-refractivity contribution in [3.8, 4) is 0 Å². The Morgan fingerprint density at radius 2 is 1.61 bits per heavy atom. The molecule has 0 saturated heterocycles. The van der Waals surface area contributed by atoms with Crippen LogP contribution in [0, 0.1) is 0 Å². The highest BCUT2D eigenvalue weighted by Gasteiger charge is 2.02. The van der Waals surface area contributed by atoms with Gasteiger partial charge in [-0.05, 0) is 19.4 Å². The molecular formula is C13H26N4O. The summed E-state index contributed by atoms with van der Waals surface area (Å²) in [7, 11) is 1.76. The van der Waals surface area contributed by atoms with Crippen LogP contribution in [0.4, 0.5) is 0 Å². The van der Waals surface area contributed by atoms with Crippen LogP contribution in [0.3, 0.4) is 0 Å². The number of aromatic amines is 1. The molecule has 0 fully saturated rings. The van der Waals surface area contributed by atoms with E-state index in [0.29, 0.717) is 0 Å². The van der Waals surface area contributed by atoms with Gasteiger partial charge in [-0.1, -0.05) is 38.5 Å². The van der Waals surface area contributed by atoms with Gasteiger partial charge in [0.15, 0.2) is 0 Å². The molecule has 18 heavy (non-hydrogen) atoms. The summed E-state index contributed by atoms with van der Waals surface area (Å²) in [5.74, 6) is 0.864. The van der Waals surface area contributed by atoms with Crippen LogP contribution in [0.2, 0.25) is 0 Å². The first-order chi connectivity index (χ1) is 8.75. The Kier molecular flexibility index (Phi) is 7.41. The molecule has 5 nitrogen and oxygen atoms in total. The minimum Gasteiger partial charge on any atom is -0.330 e. The maximum Gasteiger partial charge on any atom is 0.343 e. The number of hydrogen-bond acceptors (Lipinski definition) is 3. The second kappa shape index (κ2) is 8.91. The predicted octanol–water partition coefficient (Wildman–Crippen LogP) is 1.73. The van der Waals surface area contributed by atoms with E-state index in [1.807, 2.05) is 0 Å². The highest BCUT2D eigenvalue weighted by molar-refractivity contribution is 4.84. The summed E-state index contributed by atoms with van der Waals surface area (Å²) in [6.45, 7) is 0.822. The van der Waals surface area contributed by atoms with Gasteiger partial charge in [0.2, 0.25) is 0 Å². The van der Waals surface area contributed by atoms with Crippen molar-refractivity contribution in [1.82, 2.24) is 14.8 Å². The molecule has 0 spiro atoms. The summed E-state index contributed by atoms with van der Waals surface area (Å²) in [5, 5.41) is 6.46. The van der Waals surface area contributed by atoms with E-state index in [0.717, 1.165) is 31.6 Å². The first-order valence-electron chi connectivity index (χ1n) is 7.06. The third-order valence-electron chi connectivity index (χ3n) is 3.33. The average Bonchev–Trinajstić information content (AvgIpc) is 2.68. The van der Waals surface area contributed by atoms with Gasteiger partial charge in [0, 0.05) is 13.5 Å². The molecule has 1 rings (SSSR count). The van der Waals surface area contributed by atoms with Crippen molar-refractivity contribution in [3.05, 3.63) is 16.3 Å². The maximum atomic E-state index is 11.1. The number of nitrogens with one attached hydrogen (secondary N) is 1. The lowest BCUT2D eigenvalue weighted by Gasteiger charge is -2.02. The fourth-order valence-electron chi connectivity index (χ4n) is 2.09. The third-order valence-corrected chi connectivity index (χ3v) is 3.33. The Labute approximate surface area is 109 Å². The first kappa shape index (κ1) is 15.0. The standard InChI is InChI=1S/C13H26N4O/c1-17-12(15-16-13(17)18)10-8-6-4-2-3-5-7-9-11-14/h2-11,14H2,1H3,(H,16,18). The maximum absolute atomic E-state index is 11.1. The number of unbranched alkanes of at least 4 members (excludes halogenated alkanes) is 7. The molecule has 0 bridgehead atoms. The lowest BCUT2D eigenvalue weighted by molar-refractivity contribution is 0.563. The fraction of sp³-hybridized carbons (Fsp3) is 0.846. The van der Waals surface area contributed by atoms with E-state index in [9.17, 15) is 4.79 Å². The molecule has 0 atom stereocenters. The molecular weight excluding hydrogens is 228 g/mol. The summed E-state index contributed by atoms with van der Waals surface area (Å²) < 4.78 is 1.59. The minimum atomic E-state index is -0.120. The number of nitrogens with two attached hydrogens (primary N) is 1. The van der Waals surface area contributed by atoms with Crippen LogP contribution in [-0.4, -0.2) is 21.3 Å². The van der Waals surface area contributed by atoms with Gasteiger partial charge in [0.25, 0.3) is 0 Å². The summed E-state index contributed by atoms with van der Waals surface area (Å²) in [6.07, 6.45) is 10.9. The van der Waals surface area contributed by atoms with Gasteiger partial charge in [-0.3, -0.25) is 4.57 Å². The Hall–Kier alpha value is -1.10. The smallest absolute Gasteiger partial charge is 0.330 e. The van der Waals surface area contributed by atoms with E-state index in [4.69, 9.17) is 5.73 Å². The molecule has 1 aromatic heterocycles. The first-order valence-corrected chi connectivity index (χ1v) is 7.06. The molecule has 0 aromatic carbocycles. The lowest BCUT2D eigenvalue weighted by atomic mass is 10.1. The predicted molar refractivity (Wildman–Crippen MR) is 73.5 cm³/mol. The normalized spacial score (nSPS) is 11.0. The SMILES string of the molecule is Cn1c(CCCCCCCCCCN)n[nH]c1=O. The van der Waals surface area contributed by atoms with Crippen molar-refractivity contribution in [2.24, 2.45) is 12.8 Å². The van der Waals surface area contributed by atoms with Crippen LogP contribution < -0.4 is 11.4 Å². The van der Waals surface area contributed by atoms with E-state index in [2.05, 4.69) is 10.2 Å². The van der Waals surface area contributed by atoms with Crippen LogP contribution in [-0.2, 0) is 13.5 Å². The molecule has 1 heterocycles. The second-order valence-corrected chi connectivity index (χ2v) is 4.87. The zero-order valence-corrected chi connectivity index (χ0v) is 11.5. The molecule has 0 radical (unpaired) electrons. The van der Waals surface area contributed by atoms with Crippen molar-refractivity contribution < 1.29 is 0 Å². The topological polar surface area (TPSA) is 76.7 Å². The number of H-pyrrole nitrogens is 1. The summed E-state index contributed by atoms with van der Waals surface area (Å²) in [6, 6.07) is 0. The molecule has 1 aromatic rings. The van der Waals surface area contributed by atoms with Crippen LogP contribution in [0.1, 0.15) is 57.2 Å². The van der Waals surface area contributed by atoms with Crippen molar-refractivity contribution in [1.29, 1.82) is 0 Å². The minimum absolute atomic E-state index is 0.120. The number of aromatic nitrogens is 3. The molecule has 0 unspecified atom stereocenters. The average molecular weight is 254 g/mol. The van der Waals surface area contributed by atoms with Gasteiger partial charge in [0.05, 0.1) is 0 Å². The van der Waals surface area contributed by atoms with Gasteiger partial charge >= 0.3 is 5.69 Å². The number of hydrogen-bond donors (Lipinski definition) is 2. The van der Waals surface area contributed by atoms with Gasteiger partial charge in [-0.25, -0.2) is 9.89 Å². The molecule has 0 saturated carbocycles. The summed E-state index contributed by atoms with van der Waals surface area (Å²) >= 11 is 0. The zero-order valence-electron chi connectivity index (χ0n) is 11.5. The third kappa shape index (κ3) is 5.49. The molecule has 0 aliphatic heterocycles. The van der Waals surface area contributed by atoms with Crippen molar-refractivity contribution in [2.75, 3.05) is 6.54 Å². The van der Waals surface area contributed by atoms with E-state index in [-0.39, 0.29) is 5.69 Å². The van der Waals surface area contributed by atoms with Gasteiger partial charge in [-0.15, -0.1) is 0 Å². The lowest BCUT2D eigenvalue weighted by Crippen LogP contribution is -2.14. The van der Waals surface area contributed by atoms with E-state index >= 15 is 0 Å². The van der Waals surface area contributed by atoms with E-state index in [1.165, 1.54) is 38.5 Å². The highest BCUT2D eigenvalue weighted by atomic mass is 16.1. The zero-order chi connectivity index (χ0) is 13.2. The van der Waals surface area contributed by atoms with Crippen LogP contribution >= 0.6 is 0 Å². The number of aryl methyl sites for hydroxylation is 1. The van der Waals surface area contributed by atoms with Crippen LogP contribution in [0.5, 0.6) is 0 Å². The van der Waals surface area contributed by atoms with Gasteiger partial charge in [0.1, 0.15) is 5.82 Å².